The molecule has 15 heavy (non-hydrogen) atoms. The number of hydroxylamine groups is 2. The van der Waals surface area contributed by atoms with Gasteiger partial charge in [0.2, 0.25) is 0 Å². The van der Waals surface area contributed by atoms with Crippen LogP contribution in [0.25, 0.3) is 0 Å². The van der Waals surface area contributed by atoms with Crippen molar-refractivity contribution in [1.82, 2.24) is 5.06 Å². The van der Waals surface area contributed by atoms with Crippen molar-refractivity contribution in [1.29, 1.82) is 0 Å². The lowest BCUT2D eigenvalue weighted by Gasteiger charge is -2.11. The fourth-order valence-electron chi connectivity index (χ4n) is 0.810. The van der Waals surface area contributed by atoms with Gasteiger partial charge < -0.3 is 10.5 Å². The van der Waals surface area contributed by atoms with Crippen molar-refractivity contribution < 1.29 is 19.5 Å². The van der Waals surface area contributed by atoms with Crippen LogP contribution in [0.4, 0.5) is 0 Å². The Kier molecular flexibility index (Phi) is 7.21. The molecule has 0 unspecified atom stereocenters. The van der Waals surface area contributed by atoms with Gasteiger partial charge >= 0.3 is 5.97 Å². The van der Waals surface area contributed by atoms with Crippen LogP contribution in [0.5, 0.6) is 0 Å². The number of carbonyl (C=O) groups is 2. The van der Waals surface area contributed by atoms with E-state index in [0.717, 1.165) is 18.6 Å². The van der Waals surface area contributed by atoms with Gasteiger partial charge in [0.25, 0.3) is 5.91 Å². The number of ether oxygens (including phenoxy) is 1. The first-order valence-corrected chi connectivity index (χ1v) is 4.58. The molecule has 6 nitrogen and oxygen atoms in total. The zero-order chi connectivity index (χ0) is 11.7. The van der Waals surface area contributed by atoms with Gasteiger partial charge in [-0.2, -0.15) is 0 Å². The van der Waals surface area contributed by atoms with Crippen LogP contribution in [0.15, 0.2) is 12.2 Å². The summed E-state index contributed by atoms with van der Waals surface area (Å²) in [4.78, 5) is 21.7. The van der Waals surface area contributed by atoms with Crippen molar-refractivity contribution in [3.05, 3.63) is 12.2 Å². The van der Waals surface area contributed by atoms with E-state index in [4.69, 9.17) is 10.9 Å². The maximum Gasteiger partial charge on any atom is 0.330 e. The fourth-order valence-corrected chi connectivity index (χ4v) is 0.810. The Morgan fingerprint density at radius 2 is 2.07 bits per heavy atom. The summed E-state index contributed by atoms with van der Waals surface area (Å²) in [6.45, 7) is 0.710. The average Bonchev–Trinajstić information content (AvgIpc) is 2.25. The number of nitrogens with zero attached hydrogens (tertiary/aromatic N) is 1. The first kappa shape index (κ1) is 13.6. The Balaban J connectivity index is 3.88. The summed E-state index contributed by atoms with van der Waals surface area (Å²) < 4.78 is 4.28. The zero-order valence-electron chi connectivity index (χ0n) is 8.68. The third-order valence-corrected chi connectivity index (χ3v) is 1.64. The van der Waals surface area contributed by atoms with Crippen LogP contribution >= 0.6 is 0 Å². The highest BCUT2D eigenvalue weighted by Gasteiger charge is 2.06. The molecule has 0 aliphatic carbocycles. The third-order valence-electron chi connectivity index (χ3n) is 1.64. The highest BCUT2D eigenvalue weighted by Crippen LogP contribution is 1.93. The molecule has 6 heteroatoms. The molecular formula is C9H16N2O4. The minimum Gasteiger partial charge on any atom is -0.466 e. The number of esters is 1. The number of unbranched alkanes of at least 4 members (excludes halogenated alkanes) is 1. The molecule has 0 saturated carbocycles. The molecule has 0 fully saturated rings. The monoisotopic (exact) mass is 216 g/mol. The summed E-state index contributed by atoms with van der Waals surface area (Å²) in [5.41, 5.74) is 5.25. The van der Waals surface area contributed by atoms with Crippen LogP contribution in [0.1, 0.15) is 12.8 Å². The average molecular weight is 216 g/mol. The van der Waals surface area contributed by atoms with Crippen molar-refractivity contribution in [3.63, 3.8) is 0 Å². The molecule has 0 aromatic carbocycles. The number of amides is 1. The van der Waals surface area contributed by atoms with E-state index >= 15 is 0 Å². The van der Waals surface area contributed by atoms with E-state index in [1.54, 1.807) is 0 Å². The highest BCUT2D eigenvalue weighted by molar-refractivity contribution is 5.93. The molecule has 0 heterocycles. The molecule has 0 aliphatic rings. The molecule has 0 bridgehead atoms. The van der Waals surface area contributed by atoms with Gasteiger partial charge in [0, 0.05) is 18.7 Å². The SMILES string of the molecule is COC(=O)C=CC(=O)N(O)CCCCN. The summed E-state index contributed by atoms with van der Waals surface area (Å²) in [5, 5.41) is 9.71. The van der Waals surface area contributed by atoms with Crippen LogP contribution in [0.3, 0.4) is 0 Å². The van der Waals surface area contributed by atoms with Crippen LogP contribution in [-0.2, 0) is 14.3 Å². The van der Waals surface area contributed by atoms with Crippen LogP contribution < -0.4 is 5.73 Å². The number of methoxy groups -OCH3 is 1. The van der Waals surface area contributed by atoms with Gasteiger partial charge in [-0.05, 0) is 19.4 Å². The Bertz CT molecular complexity index is 240. The molecule has 0 rings (SSSR count). The van der Waals surface area contributed by atoms with Gasteiger partial charge in [-0.1, -0.05) is 0 Å². The second-order valence-electron chi connectivity index (χ2n) is 2.81. The zero-order valence-corrected chi connectivity index (χ0v) is 8.68. The number of hydrogen-bond acceptors (Lipinski definition) is 5. The van der Waals surface area contributed by atoms with E-state index in [9.17, 15) is 9.59 Å². The Morgan fingerprint density at radius 1 is 1.40 bits per heavy atom. The Labute approximate surface area is 88.3 Å². The van der Waals surface area contributed by atoms with Gasteiger partial charge in [-0.15, -0.1) is 0 Å². The second kappa shape index (κ2) is 7.95. The molecule has 1 amide bonds. The summed E-state index contributed by atoms with van der Waals surface area (Å²) in [7, 11) is 1.20. The largest absolute Gasteiger partial charge is 0.466 e. The summed E-state index contributed by atoms with van der Waals surface area (Å²) >= 11 is 0. The predicted molar refractivity (Wildman–Crippen MR) is 52.9 cm³/mol. The molecule has 0 aromatic rings. The second-order valence-corrected chi connectivity index (χ2v) is 2.81. The summed E-state index contributed by atoms with van der Waals surface area (Å²) in [5.74, 6) is -1.30. The predicted octanol–water partition coefficient (Wildman–Crippen LogP) is -0.328. The maximum absolute atomic E-state index is 11.1. The quantitative estimate of drug-likeness (QED) is 0.208. The van der Waals surface area contributed by atoms with Crippen molar-refractivity contribution in [2.24, 2.45) is 5.73 Å². The van der Waals surface area contributed by atoms with Gasteiger partial charge in [0.15, 0.2) is 0 Å². The first-order valence-electron chi connectivity index (χ1n) is 4.58. The van der Waals surface area contributed by atoms with Crippen molar-refractivity contribution in [3.8, 4) is 0 Å². The van der Waals surface area contributed by atoms with Gasteiger partial charge in [0.05, 0.1) is 7.11 Å². The molecule has 0 atom stereocenters. The maximum atomic E-state index is 11.1. The molecule has 3 N–H and O–H groups in total. The van der Waals surface area contributed by atoms with E-state index in [-0.39, 0.29) is 6.54 Å². The molecular weight excluding hydrogens is 200 g/mol. The molecule has 0 spiro atoms. The van der Waals surface area contributed by atoms with Crippen LogP contribution in [-0.4, -0.2) is 42.3 Å². The fraction of sp³-hybridized carbons (Fsp3) is 0.556. The summed E-state index contributed by atoms with van der Waals surface area (Å²) in [6, 6.07) is 0. The number of nitrogens with two attached hydrogens (primary N) is 1. The molecule has 86 valence electrons. The van der Waals surface area contributed by atoms with Crippen molar-refractivity contribution in [2.75, 3.05) is 20.2 Å². The third kappa shape index (κ3) is 6.64. The molecule has 0 aliphatic heterocycles. The standard InChI is InChI=1S/C9H16N2O4/c1-15-9(13)5-4-8(12)11(14)7-3-2-6-10/h4-5,14H,2-3,6-7,10H2,1H3. The Hall–Kier alpha value is -1.40. The van der Waals surface area contributed by atoms with E-state index < -0.39 is 11.9 Å². The lowest BCUT2D eigenvalue weighted by atomic mass is 10.3. The Morgan fingerprint density at radius 3 is 2.60 bits per heavy atom. The molecule has 0 aromatic heterocycles. The van der Waals surface area contributed by atoms with E-state index in [1.807, 2.05) is 0 Å². The lowest BCUT2D eigenvalue weighted by molar-refractivity contribution is -0.159. The number of hydrogen-bond donors (Lipinski definition) is 2. The molecule has 0 saturated heterocycles. The smallest absolute Gasteiger partial charge is 0.330 e. The van der Waals surface area contributed by atoms with E-state index in [1.165, 1.54) is 7.11 Å². The normalized spacial score (nSPS) is 10.3. The highest BCUT2D eigenvalue weighted by atomic mass is 16.5. The van der Waals surface area contributed by atoms with Gasteiger partial charge in [-0.25, -0.2) is 9.86 Å². The van der Waals surface area contributed by atoms with Crippen LogP contribution in [0, 0.1) is 0 Å². The van der Waals surface area contributed by atoms with Crippen LogP contribution in [0.2, 0.25) is 0 Å². The number of rotatable bonds is 6. The van der Waals surface area contributed by atoms with Gasteiger partial charge in [-0.3, -0.25) is 10.0 Å². The van der Waals surface area contributed by atoms with E-state index in [2.05, 4.69) is 4.74 Å². The molecule has 0 radical (unpaired) electrons. The lowest BCUT2D eigenvalue weighted by Crippen LogP contribution is -2.27. The van der Waals surface area contributed by atoms with E-state index in [0.29, 0.717) is 18.0 Å². The minimum atomic E-state index is -0.655. The van der Waals surface area contributed by atoms with Crippen molar-refractivity contribution in [2.45, 2.75) is 12.8 Å². The summed E-state index contributed by atoms with van der Waals surface area (Å²) in [6.07, 6.45) is 3.25. The first-order chi connectivity index (χ1) is 7.11. The van der Waals surface area contributed by atoms with Crippen molar-refractivity contribution >= 4 is 11.9 Å². The topological polar surface area (TPSA) is 92.9 Å². The number of carbonyl (C=O) groups excluding carboxylic acids is 2. The van der Waals surface area contributed by atoms with Gasteiger partial charge in [0.1, 0.15) is 0 Å². The minimum absolute atomic E-state index is 0.196.